The number of nitrogens with zero attached hydrogens (tertiary/aromatic N) is 1. The molecule has 0 aromatic heterocycles. The average Bonchev–Trinajstić information content (AvgIpc) is 2.67. The second-order valence-electron chi connectivity index (χ2n) is 8.90. The van der Waals surface area contributed by atoms with E-state index >= 15 is 0 Å². The standard InChI is InChI=1S/C22H34F2N2O4.CH2O3.K/c1-26(2,3)15-18(14-22(28)29)25-21(27)9-7-5-4-6-8-12-30-16-17-10-11-19(23)20(24)13-17;2-1(3)4;/h10-11,13,18H,4-9,12,14-16H2,1-3H3,(H-,25,27,28,29);(H2,2,3,4);/q;;+1/p-1/t18-;;/m1../s1. The summed E-state index contributed by atoms with van der Waals surface area (Å²) < 4.78 is 32.0. The van der Waals surface area contributed by atoms with Crippen molar-refractivity contribution in [1.29, 1.82) is 0 Å². The van der Waals surface area contributed by atoms with Crippen LogP contribution in [-0.2, 0) is 20.9 Å². The van der Waals surface area contributed by atoms with E-state index in [1.165, 1.54) is 6.07 Å². The minimum Gasteiger partial charge on any atom is -0.565 e. The number of carboxylic acid groups (broad SMARTS) is 3. The first kappa shape index (κ1) is 36.0. The van der Waals surface area contributed by atoms with E-state index in [0.717, 1.165) is 44.2 Å². The van der Waals surface area contributed by atoms with Gasteiger partial charge in [-0.1, -0.05) is 25.3 Å². The maximum Gasteiger partial charge on any atom is 1.00 e. The molecular weight excluding hydrogens is 493 g/mol. The van der Waals surface area contributed by atoms with E-state index in [9.17, 15) is 23.5 Å². The third kappa shape index (κ3) is 23.0. The van der Waals surface area contributed by atoms with E-state index < -0.39 is 29.8 Å². The smallest absolute Gasteiger partial charge is 0.565 e. The number of amides is 1. The summed E-state index contributed by atoms with van der Waals surface area (Å²) in [5.41, 5.74) is 0.599. The number of hydrogen-bond acceptors (Lipinski definition) is 6. The fourth-order valence-electron chi connectivity index (χ4n) is 3.16. The Morgan fingerprint density at radius 2 is 1.60 bits per heavy atom. The summed E-state index contributed by atoms with van der Waals surface area (Å²) in [5, 5.41) is 29.0. The van der Waals surface area contributed by atoms with Crippen LogP contribution >= 0.6 is 0 Å². The zero-order chi connectivity index (χ0) is 26.1. The van der Waals surface area contributed by atoms with E-state index in [2.05, 4.69) is 5.32 Å². The van der Waals surface area contributed by atoms with E-state index in [1.54, 1.807) is 0 Å². The molecule has 0 saturated heterocycles. The summed E-state index contributed by atoms with van der Waals surface area (Å²) in [6.07, 6.45) is 2.50. The number of carboxylic acids is 1. The van der Waals surface area contributed by atoms with Gasteiger partial charge in [0.1, 0.15) is 0 Å². The molecule has 0 unspecified atom stereocenters. The van der Waals surface area contributed by atoms with Gasteiger partial charge in [-0.3, -0.25) is 4.79 Å². The molecule has 0 spiro atoms. The molecule has 0 aliphatic rings. The van der Waals surface area contributed by atoms with Crippen LogP contribution in [0.1, 0.15) is 50.5 Å². The van der Waals surface area contributed by atoms with Crippen LogP contribution in [0.15, 0.2) is 18.2 Å². The molecule has 0 heterocycles. The number of aliphatic carboxylic acids is 1. The SMILES string of the molecule is C[N+](C)(C)C[C@@H](CC(=O)[O-])NC(=O)CCCCCCCOCc1ccc(F)c(F)c1.O=C([O-])O.[K+]. The fourth-order valence-corrected chi connectivity index (χ4v) is 3.16. The van der Waals surface area contributed by atoms with Crippen molar-refractivity contribution >= 4 is 18.0 Å². The van der Waals surface area contributed by atoms with Crippen molar-refractivity contribution in [3.05, 3.63) is 35.4 Å². The van der Waals surface area contributed by atoms with Gasteiger partial charge in [-0.05, 0) is 30.5 Å². The number of halogens is 2. The van der Waals surface area contributed by atoms with Crippen molar-refractivity contribution in [2.45, 2.75) is 57.6 Å². The summed E-state index contributed by atoms with van der Waals surface area (Å²) in [6, 6.07) is 3.29. The van der Waals surface area contributed by atoms with Crippen molar-refractivity contribution in [2.75, 3.05) is 34.3 Å². The van der Waals surface area contributed by atoms with Gasteiger partial charge in [0.2, 0.25) is 12.1 Å². The van der Waals surface area contributed by atoms with Crippen LogP contribution in [0, 0.1) is 11.6 Å². The molecule has 1 aromatic carbocycles. The molecule has 194 valence electrons. The molecule has 0 bridgehead atoms. The second-order valence-corrected chi connectivity index (χ2v) is 8.90. The van der Waals surface area contributed by atoms with Crippen LogP contribution in [0.4, 0.5) is 13.6 Å². The molecule has 35 heavy (non-hydrogen) atoms. The van der Waals surface area contributed by atoms with Crippen LogP contribution in [0.3, 0.4) is 0 Å². The van der Waals surface area contributed by atoms with Gasteiger partial charge in [-0.15, -0.1) is 0 Å². The predicted octanol–water partition coefficient (Wildman–Crippen LogP) is -1.96. The predicted molar refractivity (Wildman–Crippen MR) is 116 cm³/mol. The Labute approximate surface area is 247 Å². The number of unbranched alkanes of at least 4 members (excludes halogenated alkanes) is 4. The molecule has 9 nitrogen and oxygen atoms in total. The number of likely N-dealkylation sites (N-methyl/N-ethyl adjacent to an activating group) is 1. The molecule has 0 aliphatic carbocycles. The van der Waals surface area contributed by atoms with Crippen LogP contribution < -0.4 is 66.9 Å². The molecular formula is C23H35F2KN2O7. The molecule has 0 fully saturated rings. The number of hydrogen-bond donors (Lipinski definition) is 2. The van der Waals surface area contributed by atoms with Gasteiger partial charge in [0.15, 0.2) is 11.6 Å². The summed E-state index contributed by atoms with van der Waals surface area (Å²) in [4.78, 5) is 31.4. The van der Waals surface area contributed by atoms with Gasteiger partial charge in [0.25, 0.3) is 0 Å². The quantitative estimate of drug-likeness (QED) is 0.153. The number of rotatable bonds is 15. The van der Waals surface area contributed by atoms with Crippen molar-refractivity contribution in [3.63, 3.8) is 0 Å². The maximum atomic E-state index is 13.1. The van der Waals surface area contributed by atoms with Gasteiger partial charge in [0.05, 0.1) is 40.3 Å². The summed E-state index contributed by atoms with van der Waals surface area (Å²) in [7, 11) is 5.82. The number of nitrogens with one attached hydrogen (secondary N) is 1. The van der Waals surface area contributed by atoms with E-state index in [4.69, 9.17) is 19.7 Å². The zero-order valence-electron chi connectivity index (χ0n) is 21.0. The Morgan fingerprint density at radius 3 is 2.14 bits per heavy atom. The number of carbonyl (C=O) groups is 3. The summed E-state index contributed by atoms with van der Waals surface area (Å²) in [6.45, 7) is 1.30. The van der Waals surface area contributed by atoms with E-state index in [-0.39, 0.29) is 70.3 Å². The number of quaternary nitrogens is 1. The maximum absolute atomic E-state index is 13.1. The van der Waals surface area contributed by atoms with Crippen LogP contribution in [0.25, 0.3) is 0 Å². The van der Waals surface area contributed by atoms with Gasteiger partial charge >= 0.3 is 51.4 Å². The van der Waals surface area contributed by atoms with Gasteiger partial charge in [-0.25, -0.2) is 8.78 Å². The van der Waals surface area contributed by atoms with Crippen molar-refractivity contribution in [3.8, 4) is 0 Å². The third-order valence-corrected chi connectivity index (χ3v) is 4.49. The Kier molecular flexibility index (Phi) is 20.5. The third-order valence-electron chi connectivity index (χ3n) is 4.49. The first-order chi connectivity index (χ1) is 15.8. The molecule has 1 amide bonds. The van der Waals surface area contributed by atoms with Gasteiger partial charge in [0, 0.05) is 25.4 Å². The fraction of sp³-hybridized carbons (Fsp3) is 0.609. The first-order valence-electron chi connectivity index (χ1n) is 11.0. The van der Waals surface area contributed by atoms with Crippen LogP contribution in [0.2, 0.25) is 0 Å². The molecule has 0 radical (unpaired) electrons. The Bertz CT molecular complexity index is 773. The van der Waals surface area contributed by atoms with Crippen molar-refractivity contribution < 1.29 is 99.1 Å². The topological polar surface area (TPSA) is 139 Å². The average molecular weight is 529 g/mol. The molecule has 1 rings (SSSR count). The number of benzene rings is 1. The molecule has 1 atom stereocenters. The van der Waals surface area contributed by atoms with E-state index in [1.807, 2.05) is 21.1 Å². The van der Waals surface area contributed by atoms with Gasteiger partial charge in [-0.2, -0.15) is 0 Å². The Hall–Kier alpha value is -1.15. The molecule has 0 aliphatic heterocycles. The normalized spacial score (nSPS) is 11.5. The minimum atomic E-state index is -2.08. The molecule has 2 N–H and O–H groups in total. The first-order valence-corrected chi connectivity index (χ1v) is 11.0. The number of carbonyl (C=O) groups excluding carboxylic acids is 2. The Morgan fingerprint density at radius 1 is 1.03 bits per heavy atom. The molecule has 1 aromatic rings. The molecule has 12 heteroatoms. The van der Waals surface area contributed by atoms with E-state index in [0.29, 0.717) is 29.6 Å². The minimum absolute atomic E-state index is 0. The van der Waals surface area contributed by atoms with Crippen molar-refractivity contribution in [2.24, 2.45) is 0 Å². The zero-order valence-corrected chi connectivity index (χ0v) is 24.1. The molecule has 0 saturated carbocycles. The van der Waals surface area contributed by atoms with Crippen LogP contribution in [-0.4, -0.2) is 68.0 Å². The second kappa shape index (κ2) is 20.0. The largest absolute Gasteiger partial charge is 1.00 e. The Balaban J connectivity index is 0. The monoisotopic (exact) mass is 528 g/mol. The van der Waals surface area contributed by atoms with Crippen molar-refractivity contribution in [1.82, 2.24) is 5.32 Å². The van der Waals surface area contributed by atoms with Gasteiger partial charge < -0.3 is 39.4 Å². The van der Waals surface area contributed by atoms with Crippen LogP contribution in [0.5, 0.6) is 0 Å². The number of ether oxygens (including phenoxy) is 1. The summed E-state index contributed by atoms with van der Waals surface area (Å²) >= 11 is 0. The summed E-state index contributed by atoms with van der Waals surface area (Å²) in [5.74, 6) is -3.04.